The van der Waals surface area contributed by atoms with Crippen molar-refractivity contribution >= 4 is 17.7 Å². The summed E-state index contributed by atoms with van der Waals surface area (Å²) >= 11 is 0. The molecule has 0 radical (unpaired) electrons. The highest BCUT2D eigenvalue weighted by molar-refractivity contribution is 6.04. The molecule has 0 bridgehead atoms. The second kappa shape index (κ2) is 6.70. The molecule has 0 saturated carbocycles. The molecule has 0 unspecified atom stereocenters. The molecule has 1 aromatic carbocycles. The van der Waals surface area contributed by atoms with E-state index in [1.807, 2.05) is 20.8 Å². The van der Waals surface area contributed by atoms with Gasteiger partial charge < -0.3 is 20.1 Å². The van der Waals surface area contributed by atoms with Crippen LogP contribution in [0.5, 0.6) is 5.75 Å². The van der Waals surface area contributed by atoms with E-state index in [4.69, 9.17) is 4.74 Å². The second-order valence-corrected chi connectivity index (χ2v) is 7.18. The van der Waals surface area contributed by atoms with Gasteiger partial charge in [0.2, 0.25) is 0 Å². The van der Waals surface area contributed by atoms with Crippen molar-refractivity contribution in [2.24, 2.45) is 0 Å². The highest BCUT2D eigenvalue weighted by Gasteiger charge is 2.30. The number of aromatic hydroxyl groups is 1. The lowest BCUT2D eigenvalue weighted by Gasteiger charge is -2.29. The van der Waals surface area contributed by atoms with E-state index in [9.17, 15) is 14.7 Å². The van der Waals surface area contributed by atoms with Gasteiger partial charge in [0.1, 0.15) is 11.4 Å². The van der Waals surface area contributed by atoms with Gasteiger partial charge in [-0.1, -0.05) is 0 Å². The maximum Gasteiger partial charge on any atom is 0.410 e. The van der Waals surface area contributed by atoms with E-state index in [1.165, 1.54) is 12.1 Å². The average Bonchev–Trinajstić information content (AvgIpc) is 2.98. The summed E-state index contributed by atoms with van der Waals surface area (Å²) in [6.07, 6.45) is 0.136. The maximum absolute atomic E-state index is 12.5. The summed E-state index contributed by atoms with van der Waals surface area (Å²) in [6, 6.07) is 6.20. The minimum atomic E-state index is -0.555. The fraction of sp³-hybridized carbons (Fsp3) is 0.389. The number of rotatable bonds is 2. The van der Waals surface area contributed by atoms with Gasteiger partial charge in [0, 0.05) is 17.8 Å². The molecule has 0 fully saturated rings. The van der Waals surface area contributed by atoms with Crippen molar-refractivity contribution in [1.82, 2.24) is 15.1 Å². The Morgan fingerprint density at radius 3 is 2.62 bits per heavy atom. The number of phenolic OH excluding ortho intramolecular Hbond substituents is 1. The molecular formula is C18H22N4O4. The van der Waals surface area contributed by atoms with Crippen LogP contribution in [0.2, 0.25) is 0 Å². The summed E-state index contributed by atoms with van der Waals surface area (Å²) in [5.41, 5.74) is 1.87. The van der Waals surface area contributed by atoms with Crippen LogP contribution in [0.25, 0.3) is 0 Å². The Labute approximate surface area is 151 Å². The lowest BCUT2D eigenvalue weighted by atomic mass is 10.0. The van der Waals surface area contributed by atoms with Crippen LogP contribution in [-0.4, -0.2) is 44.4 Å². The van der Waals surface area contributed by atoms with Gasteiger partial charge in [0.15, 0.2) is 5.69 Å². The highest BCUT2D eigenvalue weighted by atomic mass is 16.6. The Hall–Kier alpha value is -3.03. The van der Waals surface area contributed by atoms with Crippen molar-refractivity contribution in [2.45, 2.75) is 39.3 Å². The standard InChI is InChI=1S/C18H22N4O4/c1-18(2,3)26-17(25)22-9-8-13-14(10-22)20-21-15(13)16(24)19-11-4-6-12(23)7-5-11/h4-7,23H,8-10H2,1-3H3,(H,19,24)(H,20,21). The monoisotopic (exact) mass is 358 g/mol. The Morgan fingerprint density at radius 1 is 1.27 bits per heavy atom. The lowest BCUT2D eigenvalue weighted by molar-refractivity contribution is 0.0221. The number of anilines is 1. The number of H-pyrrole nitrogens is 1. The zero-order valence-electron chi connectivity index (χ0n) is 15.0. The summed E-state index contributed by atoms with van der Waals surface area (Å²) < 4.78 is 5.39. The van der Waals surface area contributed by atoms with Gasteiger partial charge in [-0.25, -0.2) is 4.79 Å². The smallest absolute Gasteiger partial charge is 0.410 e. The maximum atomic E-state index is 12.5. The molecule has 8 nitrogen and oxygen atoms in total. The van der Waals surface area contributed by atoms with Gasteiger partial charge in [-0.3, -0.25) is 9.89 Å². The SMILES string of the molecule is CC(C)(C)OC(=O)N1CCc2c(C(=O)Nc3ccc(O)cc3)n[nH]c2C1. The Balaban J connectivity index is 1.70. The fourth-order valence-electron chi connectivity index (χ4n) is 2.72. The van der Waals surface area contributed by atoms with Gasteiger partial charge in [-0.15, -0.1) is 0 Å². The third-order valence-corrected chi connectivity index (χ3v) is 3.93. The minimum Gasteiger partial charge on any atom is -0.508 e. The molecule has 138 valence electrons. The third-order valence-electron chi connectivity index (χ3n) is 3.93. The van der Waals surface area contributed by atoms with E-state index < -0.39 is 5.60 Å². The number of phenols is 1. The van der Waals surface area contributed by atoms with E-state index in [2.05, 4.69) is 15.5 Å². The van der Waals surface area contributed by atoms with Crippen LogP contribution in [0.1, 0.15) is 42.5 Å². The zero-order chi connectivity index (χ0) is 18.9. The molecule has 8 heteroatoms. The summed E-state index contributed by atoms with van der Waals surface area (Å²) in [4.78, 5) is 26.3. The quantitative estimate of drug-likeness (QED) is 0.716. The van der Waals surface area contributed by atoms with Crippen LogP contribution in [0.15, 0.2) is 24.3 Å². The van der Waals surface area contributed by atoms with Crippen molar-refractivity contribution in [3.63, 3.8) is 0 Å². The van der Waals surface area contributed by atoms with E-state index >= 15 is 0 Å². The molecule has 0 spiro atoms. The molecule has 26 heavy (non-hydrogen) atoms. The molecular weight excluding hydrogens is 336 g/mol. The molecule has 2 aromatic rings. The minimum absolute atomic E-state index is 0.127. The van der Waals surface area contributed by atoms with Crippen LogP contribution in [-0.2, 0) is 17.7 Å². The summed E-state index contributed by atoms with van der Waals surface area (Å²) in [5.74, 6) is -0.207. The lowest BCUT2D eigenvalue weighted by Crippen LogP contribution is -2.40. The predicted octanol–water partition coefficient (Wildman–Crippen LogP) is 2.66. The number of hydrogen-bond acceptors (Lipinski definition) is 5. The number of hydrogen-bond donors (Lipinski definition) is 3. The summed E-state index contributed by atoms with van der Waals surface area (Å²) in [7, 11) is 0. The molecule has 0 aliphatic carbocycles. The van der Waals surface area contributed by atoms with Crippen molar-refractivity contribution in [3.8, 4) is 5.75 Å². The molecule has 2 heterocycles. The first-order valence-electron chi connectivity index (χ1n) is 8.37. The number of nitrogens with one attached hydrogen (secondary N) is 2. The van der Waals surface area contributed by atoms with Gasteiger partial charge in [0.25, 0.3) is 5.91 Å². The number of nitrogens with zero attached hydrogens (tertiary/aromatic N) is 2. The molecule has 1 aromatic heterocycles. The zero-order valence-corrected chi connectivity index (χ0v) is 15.0. The van der Waals surface area contributed by atoms with Crippen molar-refractivity contribution < 1.29 is 19.4 Å². The number of fused-ring (bicyclic) bond motifs is 1. The number of aromatic amines is 1. The first kappa shape index (κ1) is 17.8. The molecule has 2 amide bonds. The van der Waals surface area contributed by atoms with Gasteiger partial charge in [-0.2, -0.15) is 5.10 Å². The Morgan fingerprint density at radius 2 is 1.96 bits per heavy atom. The number of aromatic nitrogens is 2. The molecule has 0 atom stereocenters. The van der Waals surface area contributed by atoms with Crippen LogP contribution in [0.3, 0.4) is 0 Å². The molecule has 0 saturated heterocycles. The third kappa shape index (κ3) is 3.96. The highest BCUT2D eigenvalue weighted by Crippen LogP contribution is 2.23. The van der Waals surface area contributed by atoms with Crippen molar-refractivity contribution in [1.29, 1.82) is 0 Å². The normalized spacial score (nSPS) is 13.9. The second-order valence-electron chi connectivity index (χ2n) is 7.18. The first-order valence-corrected chi connectivity index (χ1v) is 8.37. The van der Waals surface area contributed by atoms with Crippen molar-refractivity contribution in [2.75, 3.05) is 11.9 Å². The van der Waals surface area contributed by atoms with Crippen molar-refractivity contribution in [3.05, 3.63) is 41.2 Å². The van der Waals surface area contributed by atoms with Crippen LogP contribution in [0, 0.1) is 0 Å². The summed E-state index contributed by atoms with van der Waals surface area (Å²) in [5, 5.41) is 19.0. The van der Waals surface area contributed by atoms with Crippen LogP contribution >= 0.6 is 0 Å². The fourth-order valence-corrected chi connectivity index (χ4v) is 2.72. The number of amides is 2. The van der Waals surface area contributed by atoms with E-state index in [0.717, 1.165) is 11.3 Å². The van der Waals surface area contributed by atoms with Crippen LogP contribution in [0.4, 0.5) is 10.5 Å². The van der Waals surface area contributed by atoms with E-state index in [-0.39, 0.29) is 17.7 Å². The summed E-state index contributed by atoms with van der Waals surface area (Å²) in [6.45, 7) is 6.25. The number of benzene rings is 1. The largest absolute Gasteiger partial charge is 0.508 e. The van der Waals surface area contributed by atoms with E-state index in [0.29, 0.717) is 30.9 Å². The molecule has 3 rings (SSSR count). The topological polar surface area (TPSA) is 108 Å². The Bertz CT molecular complexity index is 821. The predicted molar refractivity (Wildman–Crippen MR) is 95.0 cm³/mol. The van der Waals surface area contributed by atoms with Gasteiger partial charge >= 0.3 is 6.09 Å². The first-order chi connectivity index (χ1) is 12.2. The molecule has 3 N–H and O–H groups in total. The number of ether oxygens (including phenoxy) is 1. The Kier molecular flexibility index (Phi) is 4.58. The van der Waals surface area contributed by atoms with Gasteiger partial charge in [-0.05, 0) is 51.5 Å². The van der Waals surface area contributed by atoms with Gasteiger partial charge in [0.05, 0.1) is 12.2 Å². The van der Waals surface area contributed by atoms with Crippen LogP contribution < -0.4 is 5.32 Å². The number of carbonyl (C=O) groups is 2. The van der Waals surface area contributed by atoms with E-state index in [1.54, 1.807) is 17.0 Å². The molecule has 1 aliphatic heterocycles. The molecule has 1 aliphatic rings. The average molecular weight is 358 g/mol. The number of carbonyl (C=O) groups excluding carboxylic acids is 2.